The molecular formula is C11H13N3O2. The summed E-state index contributed by atoms with van der Waals surface area (Å²) in [4.78, 5) is 26.2. The number of pyridine rings is 1. The minimum absolute atomic E-state index is 0.0749. The number of carbonyl (C=O) groups excluding carboxylic acids is 2. The van der Waals surface area contributed by atoms with Crippen LogP contribution in [0.2, 0.25) is 0 Å². The first-order chi connectivity index (χ1) is 7.50. The minimum atomic E-state index is -0.655. The summed E-state index contributed by atoms with van der Waals surface area (Å²) >= 11 is 0. The van der Waals surface area contributed by atoms with E-state index >= 15 is 0 Å². The van der Waals surface area contributed by atoms with Crippen molar-refractivity contribution in [2.24, 2.45) is 17.4 Å². The molecule has 5 heteroatoms. The van der Waals surface area contributed by atoms with Gasteiger partial charge in [0.2, 0.25) is 5.91 Å². The fourth-order valence-electron chi connectivity index (χ4n) is 1.87. The molecule has 84 valence electrons. The van der Waals surface area contributed by atoms with E-state index in [0.29, 0.717) is 17.4 Å². The van der Waals surface area contributed by atoms with Crippen LogP contribution in [0.5, 0.6) is 0 Å². The highest BCUT2D eigenvalue weighted by Crippen LogP contribution is 2.47. The third-order valence-corrected chi connectivity index (χ3v) is 2.96. The highest BCUT2D eigenvalue weighted by molar-refractivity contribution is 5.98. The minimum Gasteiger partial charge on any atom is -0.366 e. The Morgan fingerprint density at radius 1 is 1.38 bits per heavy atom. The quantitative estimate of drug-likeness (QED) is 0.769. The standard InChI is InChI=1S/C11H13N3O2/c1-5-2-6(5)8-4-14-9(11(13)16)3-7(8)10(12)15/h3-6H,2H2,1H3,(H2,12,15)(H2,13,16). The van der Waals surface area contributed by atoms with Crippen molar-refractivity contribution >= 4 is 11.8 Å². The van der Waals surface area contributed by atoms with Gasteiger partial charge in [-0.15, -0.1) is 0 Å². The first-order valence-electron chi connectivity index (χ1n) is 5.10. The molecule has 1 aliphatic carbocycles. The van der Waals surface area contributed by atoms with Crippen molar-refractivity contribution in [3.63, 3.8) is 0 Å². The first kappa shape index (κ1) is 10.6. The Bertz CT molecular complexity index is 470. The number of primary amides is 2. The lowest BCUT2D eigenvalue weighted by Gasteiger charge is -2.06. The van der Waals surface area contributed by atoms with Gasteiger partial charge >= 0.3 is 0 Å². The van der Waals surface area contributed by atoms with Crippen LogP contribution in [0, 0.1) is 5.92 Å². The lowest BCUT2D eigenvalue weighted by Crippen LogP contribution is -2.18. The topological polar surface area (TPSA) is 99.1 Å². The molecule has 16 heavy (non-hydrogen) atoms. The zero-order valence-corrected chi connectivity index (χ0v) is 8.93. The van der Waals surface area contributed by atoms with Crippen molar-refractivity contribution in [2.75, 3.05) is 0 Å². The third kappa shape index (κ3) is 1.76. The van der Waals surface area contributed by atoms with E-state index in [1.165, 1.54) is 12.3 Å². The number of nitrogens with zero attached hydrogens (tertiary/aromatic N) is 1. The zero-order chi connectivity index (χ0) is 11.9. The molecule has 2 atom stereocenters. The molecule has 5 nitrogen and oxygen atoms in total. The molecule has 0 spiro atoms. The van der Waals surface area contributed by atoms with Crippen molar-refractivity contribution in [1.29, 1.82) is 0 Å². The van der Waals surface area contributed by atoms with Crippen molar-refractivity contribution in [3.8, 4) is 0 Å². The largest absolute Gasteiger partial charge is 0.366 e. The summed E-state index contributed by atoms with van der Waals surface area (Å²) in [5.41, 5.74) is 11.6. The van der Waals surface area contributed by atoms with E-state index < -0.39 is 11.8 Å². The van der Waals surface area contributed by atoms with E-state index in [9.17, 15) is 9.59 Å². The van der Waals surface area contributed by atoms with Gasteiger partial charge in [0.05, 0.1) is 0 Å². The van der Waals surface area contributed by atoms with Crippen LogP contribution in [-0.4, -0.2) is 16.8 Å². The van der Waals surface area contributed by atoms with Gasteiger partial charge < -0.3 is 11.5 Å². The summed E-state index contributed by atoms with van der Waals surface area (Å²) in [7, 11) is 0. The lowest BCUT2D eigenvalue weighted by molar-refractivity contribution is 0.0995. The molecule has 1 saturated carbocycles. The number of aromatic nitrogens is 1. The van der Waals surface area contributed by atoms with Gasteiger partial charge in [0.1, 0.15) is 5.69 Å². The predicted molar refractivity (Wildman–Crippen MR) is 57.8 cm³/mol. The van der Waals surface area contributed by atoms with Gasteiger partial charge in [0.15, 0.2) is 0 Å². The molecule has 0 aromatic carbocycles. The summed E-state index contributed by atoms with van der Waals surface area (Å²) < 4.78 is 0. The second-order valence-electron chi connectivity index (χ2n) is 4.20. The van der Waals surface area contributed by atoms with Crippen LogP contribution in [0.15, 0.2) is 12.3 Å². The third-order valence-electron chi connectivity index (χ3n) is 2.96. The molecule has 1 aliphatic rings. The van der Waals surface area contributed by atoms with Gasteiger partial charge in [-0.25, -0.2) is 0 Å². The SMILES string of the molecule is CC1CC1c1cnc(C(N)=O)cc1C(N)=O. The van der Waals surface area contributed by atoms with Gasteiger partial charge in [0, 0.05) is 11.8 Å². The molecule has 0 saturated heterocycles. The van der Waals surface area contributed by atoms with Crippen molar-refractivity contribution in [3.05, 3.63) is 29.1 Å². The Labute approximate surface area is 92.8 Å². The molecular weight excluding hydrogens is 206 g/mol. The smallest absolute Gasteiger partial charge is 0.267 e. The molecule has 2 rings (SSSR count). The van der Waals surface area contributed by atoms with Crippen LogP contribution in [0.4, 0.5) is 0 Å². The molecule has 2 amide bonds. The first-order valence-corrected chi connectivity index (χ1v) is 5.10. The van der Waals surface area contributed by atoms with E-state index in [4.69, 9.17) is 11.5 Å². The molecule has 2 unspecified atom stereocenters. The average molecular weight is 219 g/mol. The summed E-state index contributed by atoms with van der Waals surface area (Å²) in [5, 5.41) is 0. The lowest BCUT2D eigenvalue weighted by atomic mass is 10.0. The average Bonchev–Trinajstić information content (AvgIpc) is 2.94. The van der Waals surface area contributed by atoms with E-state index in [2.05, 4.69) is 11.9 Å². The Morgan fingerprint density at radius 2 is 2.00 bits per heavy atom. The monoisotopic (exact) mass is 219 g/mol. The van der Waals surface area contributed by atoms with Gasteiger partial charge in [-0.2, -0.15) is 0 Å². The van der Waals surface area contributed by atoms with Crippen LogP contribution in [0.25, 0.3) is 0 Å². The van der Waals surface area contributed by atoms with Crippen molar-refractivity contribution < 1.29 is 9.59 Å². The Kier molecular flexibility index (Phi) is 2.38. The number of nitrogens with two attached hydrogens (primary N) is 2. The highest BCUT2D eigenvalue weighted by Gasteiger charge is 2.36. The maximum absolute atomic E-state index is 11.3. The van der Waals surface area contributed by atoms with Crippen LogP contribution < -0.4 is 11.5 Å². The van der Waals surface area contributed by atoms with Crippen LogP contribution >= 0.6 is 0 Å². The summed E-state index contributed by atoms with van der Waals surface area (Å²) in [6, 6.07) is 1.38. The van der Waals surface area contributed by atoms with Crippen molar-refractivity contribution in [2.45, 2.75) is 19.3 Å². The number of carbonyl (C=O) groups is 2. The molecule has 0 bridgehead atoms. The fourth-order valence-corrected chi connectivity index (χ4v) is 1.87. The number of amides is 2. The van der Waals surface area contributed by atoms with E-state index in [1.54, 1.807) is 0 Å². The highest BCUT2D eigenvalue weighted by atomic mass is 16.1. The van der Waals surface area contributed by atoms with E-state index in [0.717, 1.165) is 12.0 Å². The van der Waals surface area contributed by atoms with Gasteiger partial charge in [-0.3, -0.25) is 14.6 Å². The molecule has 1 fully saturated rings. The fraction of sp³-hybridized carbons (Fsp3) is 0.364. The summed E-state index contributed by atoms with van der Waals surface area (Å²) in [6.45, 7) is 2.09. The summed E-state index contributed by atoms with van der Waals surface area (Å²) in [5.74, 6) is -0.326. The molecule has 1 aromatic rings. The second kappa shape index (κ2) is 3.59. The van der Waals surface area contributed by atoms with Crippen LogP contribution in [0.1, 0.15) is 45.7 Å². The maximum Gasteiger partial charge on any atom is 0.267 e. The molecule has 0 aliphatic heterocycles. The second-order valence-corrected chi connectivity index (χ2v) is 4.20. The molecule has 0 radical (unpaired) electrons. The Hall–Kier alpha value is -1.91. The number of hydrogen-bond donors (Lipinski definition) is 2. The normalized spacial score (nSPS) is 22.8. The number of rotatable bonds is 3. The van der Waals surface area contributed by atoms with E-state index in [-0.39, 0.29) is 5.69 Å². The zero-order valence-electron chi connectivity index (χ0n) is 8.93. The molecule has 4 N–H and O–H groups in total. The van der Waals surface area contributed by atoms with Gasteiger partial charge in [0.25, 0.3) is 5.91 Å². The summed E-state index contributed by atoms with van der Waals surface area (Å²) in [6.07, 6.45) is 2.56. The van der Waals surface area contributed by atoms with Gasteiger partial charge in [-0.1, -0.05) is 6.92 Å². The van der Waals surface area contributed by atoms with Crippen molar-refractivity contribution in [1.82, 2.24) is 4.98 Å². The molecule has 1 aromatic heterocycles. The molecule has 1 heterocycles. The van der Waals surface area contributed by atoms with Gasteiger partial charge in [-0.05, 0) is 29.9 Å². The predicted octanol–water partition coefficient (Wildman–Crippen LogP) is 0.403. The van der Waals surface area contributed by atoms with Crippen LogP contribution in [-0.2, 0) is 0 Å². The number of hydrogen-bond acceptors (Lipinski definition) is 3. The van der Waals surface area contributed by atoms with E-state index in [1.807, 2.05) is 0 Å². The Balaban J connectivity index is 2.45. The Morgan fingerprint density at radius 3 is 2.44 bits per heavy atom. The van der Waals surface area contributed by atoms with Crippen LogP contribution in [0.3, 0.4) is 0 Å². The maximum atomic E-state index is 11.3.